The van der Waals surface area contributed by atoms with Gasteiger partial charge in [0.2, 0.25) is 0 Å². The summed E-state index contributed by atoms with van der Waals surface area (Å²) < 4.78 is 0. The molecule has 0 atom stereocenters. The Kier molecular flexibility index (Phi) is 6.93. The quantitative estimate of drug-likeness (QED) is 0.245. The predicted molar refractivity (Wildman–Crippen MR) is 161 cm³/mol. The van der Waals surface area contributed by atoms with Gasteiger partial charge in [-0.1, -0.05) is 78.9 Å². The Hall–Kier alpha value is -3.95. The van der Waals surface area contributed by atoms with Gasteiger partial charge in [0, 0.05) is 16.0 Å². The maximum absolute atomic E-state index is 11.7. The summed E-state index contributed by atoms with van der Waals surface area (Å²) in [7, 11) is 0. The number of benzene rings is 4. The molecule has 6 rings (SSSR count). The summed E-state index contributed by atoms with van der Waals surface area (Å²) in [5.74, 6) is -0.472. The first kappa shape index (κ1) is 25.3. The lowest BCUT2D eigenvalue weighted by molar-refractivity contribution is 0.0696. The van der Waals surface area contributed by atoms with E-state index in [2.05, 4.69) is 55.5 Å². The van der Waals surface area contributed by atoms with E-state index in [1.807, 2.05) is 36.4 Å². The van der Waals surface area contributed by atoms with Crippen LogP contribution in [0.5, 0.6) is 0 Å². The number of aromatic carboxylic acids is 1. The number of carbonyl (C=O) groups is 1. The van der Waals surface area contributed by atoms with E-state index in [4.69, 9.17) is 16.6 Å². The van der Waals surface area contributed by atoms with Crippen LogP contribution in [0.2, 0.25) is 5.02 Å². The molecule has 0 amide bonds. The summed E-state index contributed by atoms with van der Waals surface area (Å²) in [6.45, 7) is 2.10. The maximum atomic E-state index is 11.7. The van der Waals surface area contributed by atoms with Gasteiger partial charge in [-0.25, -0.2) is 9.78 Å². The van der Waals surface area contributed by atoms with Gasteiger partial charge in [-0.3, -0.25) is 0 Å². The molecule has 0 bridgehead atoms. The molecular weight excluding hydrogens is 502 g/mol. The predicted octanol–water partition coefficient (Wildman–Crippen LogP) is 9.94. The number of halogens is 1. The fourth-order valence-corrected chi connectivity index (χ4v) is 6.03. The molecule has 1 aromatic heterocycles. The van der Waals surface area contributed by atoms with Crippen LogP contribution < -0.4 is 0 Å². The molecule has 1 fully saturated rings. The fraction of sp³-hybridized carbons (Fsp3) is 0.200. The molecule has 0 aliphatic heterocycles. The second kappa shape index (κ2) is 10.7. The van der Waals surface area contributed by atoms with Gasteiger partial charge >= 0.3 is 5.97 Å². The molecule has 1 N–H and O–H groups in total. The highest BCUT2D eigenvalue weighted by atomic mass is 35.5. The average Bonchev–Trinajstić information content (AvgIpc) is 2.97. The number of fused-ring (bicyclic) bond motifs is 1. The first-order valence-electron chi connectivity index (χ1n) is 13.6. The third kappa shape index (κ3) is 5.20. The van der Waals surface area contributed by atoms with Gasteiger partial charge in [-0.15, -0.1) is 0 Å². The van der Waals surface area contributed by atoms with Crippen LogP contribution in [0.1, 0.15) is 59.5 Å². The molecule has 1 saturated carbocycles. The molecule has 4 heteroatoms. The third-order valence-electron chi connectivity index (χ3n) is 7.95. The Bertz CT molecular complexity index is 1680. The molecule has 39 heavy (non-hydrogen) atoms. The molecule has 194 valence electrons. The first-order valence-corrected chi connectivity index (χ1v) is 14.0. The molecule has 0 saturated heterocycles. The zero-order chi connectivity index (χ0) is 26.9. The molecule has 0 unspecified atom stereocenters. The van der Waals surface area contributed by atoms with Crippen molar-refractivity contribution in [3.8, 4) is 33.5 Å². The molecule has 1 aliphatic rings. The molecule has 1 heterocycles. The summed E-state index contributed by atoms with van der Waals surface area (Å²) in [5.41, 5.74) is 10.1. The topological polar surface area (TPSA) is 50.2 Å². The Morgan fingerprint density at radius 1 is 0.769 bits per heavy atom. The number of hydrogen-bond donors (Lipinski definition) is 1. The van der Waals surface area contributed by atoms with Crippen molar-refractivity contribution in [2.75, 3.05) is 0 Å². The summed E-state index contributed by atoms with van der Waals surface area (Å²) in [4.78, 5) is 16.8. The minimum atomic E-state index is -0.872. The highest BCUT2D eigenvalue weighted by Gasteiger charge is 2.21. The van der Waals surface area contributed by atoms with E-state index in [1.54, 1.807) is 6.07 Å². The van der Waals surface area contributed by atoms with Gasteiger partial charge < -0.3 is 5.11 Å². The van der Waals surface area contributed by atoms with Crippen LogP contribution in [0, 0.1) is 6.92 Å². The highest BCUT2D eigenvalue weighted by molar-refractivity contribution is 6.30. The van der Waals surface area contributed by atoms with Crippen LogP contribution in [0.3, 0.4) is 0 Å². The first-order chi connectivity index (χ1) is 19.0. The largest absolute Gasteiger partial charge is 0.478 e. The van der Waals surface area contributed by atoms with E-state index in [0.29, 0.717) is 11.5 Å². The summed E-state index contributed by atoms with van der Waals surface area (Å²) in [6.07, 6.45) is 5.88. The minimum absolute atomic E-state index is 0.362. The standard InChI is InChI=1S/C35H30ClNO2/c1-22-7-15-29(24-8-13-28(36)14-9-24)32(19-22)34-18-12-26-20-25(11-17-33(26)37-34)30-16-10-27(35(38)39)21-31(30)23-5-3-2-4-6-23/h7-21,23H,2-6H2,1H3,(H,38,39). The molecule has 0 spiro atoms. The van der Waals surface area contributed by atoms with Crippen LogP contribution in [0.4, 0.5) is 0 Å². The average molecular weight is 532 g/mol. The second-order valence-corrected chi connectivity index (χ2v) is 11.0. The van der Waals surface area contributed by atoms with Gasteiger partial charge in [0.05, 0.1) is 16.8 Å². The number of carboxylic acids is 1. The Morgan fingerprint density at radius 2 is 1.51 bits per heavy atom. The molecule has 3 nitrogen and oxygen atoms in total. The lowest BCUT2D eigenvalue weighted by atomic mass is 9.80. The van der Waals surface area contributed by atoms with Crippen molar-refractivity contribution in [1.29, 1.82) is 0 Å². The van der Waals surface area contributed by atoms with Gasteiger partial charge in [0.1, 0.15) is 0 Å². The van der Waals surface area contributed by atoms with Crippen molar-refractivity contribution in [1.82, 2.24) is 4.98 Å². The summed E-state index contributed by atoms with van der Waals surface area (Å²) in [5, 5.41) is 11.4. The lowest BCUT2D eigenvalue weighted by Gasteiger charge is -2.25. The summed E-state index contributed by atoms with van der Waals surface area (Å²) >= 11 is 6.14. The van der Waals surface area contributed by atoms with Crippen LogP contribution in [0.25, 0.3) is 44.4 Å². The highest BCUT2D eigenvalue weighted by Crippen LogP contribution is 2.40. The van der Waals surface area contributed by atoms with Crippen molar-refractivity contribution in [2.24, 2.45) is 0 Å². The number of aryl methyl sites for hydroxylation is 1. The van der Waals surface area contributed by atoms with Crippen molar-refractivity contribution < 1.29 is 9.90 Å². The fourth-order valence-electron chi connectivity index (χ4n) is 5.90. The smallest absolute Gasteiger partial charge is 0.335 e. The second-order valence-electron chi connectivity index (χ2n) is 10.6. The van der Waals surface area contributed by atoms with Gasteiger partial charge in [0.15, 0.2) is 0 Å². The number of pyridine rings is 1. The van der Waals surface area contributed by atoms with Gasteiger partial charge in [-0.05, 0) is 102 Å². The Morgan fingerprint density at radius 3 is 2.28 bits per heavy atom. The van der Waals surface area contributed by atoms with Crippen molar-refractivity contribution in [3.63, 3.8) is 0 Å². The van der Waals surface area contributed by atoms with Crippen molar-refractivity contribution in [3.05, 3.63) is 113 Å². The van der Waals surface area contributed by atoms with Crippen LogP contribution in [0.15, 0.2) is 91.0 Å². The number of rotatable bonds is 5. The monoisotopic (exact) mass is 531 g/mol. The zero-order valence-electron chi connectivity index (χ0n) is 22.0. The molecular formula is C35H30ClNO2. The van der Waals surface area contributed by atoms with Crippen LogP contribution >= 0.6 is 11.6 Å². The van der Waals surface area contributed by atoms with Gasteiger partial charge in [0.25, 0.3) is 0 Å². The van der Waals surface area contributed by atoms with E-state index in [-0.39, 0.29) is 0 Å². The van der Waals surface area contributed by atoms with E-state index in [1.165, 1.54) is 24.8 Å². The number of carboxylic acid groups (broad SMARTS) is 1. The SMILES string of the molecule is Cc1ccc(-c2ccc(Cl)cc2)c(-c2ccc3cc(-c4ccc(C(=O)O)cc4C4CCCCC4)ccc3n2)c1. The normalized spacial score (nSPS) is 14.0. The number of hydrogen-bond acceptors (Lipinski definition) is 2. The van der Waals surface area contributed by atoms with Gasteiger partial charge in [-0.2, -0.15) is 0 Å². The molecule has 4 aromatic carbocycles. The molecule has 1 aliphatic carbocycles. The van der Waals surface area contributed by atoms with Crippen molar-refractivity contribution >= 4 is 28.5 Å². The summed E-state index contributed by atoms with van der Waals surface area (Å²) in [6, 6.07) is 30.6. The Balaban J connectivity index is 1.41. The minimum Gasteiger partial charge on any atom is -0.478 e. The molecule has 5 aromatic rings. The molecule has 0 radical (unpaired) electrons. The third-order valence-corrected chi connectivity index (χ3v) is 8.20. The van der Waals surface area contributed by atoms with E-state index in [0.717, 1.165) is 67.8 Å². The van der Waals surface area contributed by atoms with Crippen molar-refractivity contribution in [2.45, 2.75) is 44.9 Å². The van der Waals surface area contributed by atoms with Crippen LogP contribution in [-0.4, -0.2) is 16.1 Å². The van der Waals surface area contributed by atoms with E-state index < -0.39 is 5.97 Å². The van der Waals surface area contributed by atoms with E-state index in [9.17, 15) is 9.90 Å². The number of aromatic nitrogens is 1. The van der Waals surface area contributed by atoms with E-state index >= 15 is 0 Å². The Labute approximate surface area is 234 Å². The maximum Gasteiger partial charge on any atom is 0.335 e. The van der Waals surface area contributed by atoms with Crippen LogP contribution in [-0.2, 0) is 0 Å². The zero-order valence-corrected chi connectivity index (χ0v) is 22.7. The number of nitrogens with zero attached hydrogens (tertiary/aromatic N) is 1. The lowest BCUT2D eigenvalue weighted by Crippen LogP contribution is -2.08.